The van der Waals surface area contributed by atoms with Crippen molar-refractivity contribution in [2.75, 3.05) is 19.6 Å². The van der Waals surface area contributed by atoms with Gasteiger partial charge in [-0.05, 0) is 19.3 Å². The van der Waals surface area contributed by atoms with Crippen LogP contribution >= 0.6 is 0 Å². The van der Waals surface area contributed by atoms with Crippen LogP contribution in [0.2, 0.25) is 0 Å². The minimum Gasteiger partial charge on any atom is -0.311 e. The zero-order valence-electron chi connectivity index (χ0n) is 10.8. The van der Waals surface area contributed by atoms with E-state index in [1.54, 1.807) is 0 Å². The first-order valence-electron chi connectivity index (χ1n) is 6.79. The molecule has 0 aliphatic carbocycles. The minimum absolute atomic E-state index is 0.745. The summed E-state index contributed by atoms with van der Waals surface area (Å²) in [5.74, 6) is 0. The van der Waals surface area contributed by atoms with Crippen LogP contribution in [0.3, 0.4) is 0 Å². The maximum absolute atomic E-state index is 3.63. The molecule has 2 atom stereocenters. The van der Waals surface area contributed by atoms with E-state index in [4.69, 9.17) is 0 Å². The molecule has 1 saturated heterocycles. The molecule has 2 heteroatoms. The average Bonchev–Trinajstić information content (AvgIpc) is 2.27. The normalized spacial score (nSPS) is 25.4. The fraction of sp³-hybridized carbons (Fsp3) is 1.00. The summed E-state index contributed by atoms with van der Waals surface area (Å²) in [5, 5.41) is 3.63. The second kappa shape index (κ2) is 7.24. The predicted octanol–water partition coefficient (Wildman–Crippen LogP) is 2.64. The van der Waals surface area contributed by atoms with Crippen molar-refractivity contribution in [2.24, 2.45) is 0 Å². The van der Waals surface area contributed by atoms with Crippen LogP contribution in [0.25, 0.3) is 0 Å². The molecule has 0 saturated carbocycles. The molecule has 1 N–H and O–H groups in total. The lowest BCUT2D eigenvalue weighted by atomic mass is 10.0. The minimum atomic E-state index is 0.745. The fourth-order valence-corrected chi connectivity index (χ4v) is 2.70. The van der Waals surface area contributed by atoms with E-state index in [1.165, 1.54) is 51.7 Å². The van der Waals surface area contributed by atoms with Crippen molar-refractivity contribution in [3.05, 3.63) is 0 Å². The molecule has 1 aliphatic rings. The fourth-order valence-electron chi connectivity index (χ4n) is 2.70. The number of nitrogens with zero attached hydrogens (tertiary/aromatic N) is 1. The summed E-state index contributed by atoms with van der Waals surface area (Å²) in [5.41, 5.74) is 0. The van der Waals surface area contributed by atoms with E-state index in [-0.39, 0.29) is 0 Å². The summed E-state index contributed by atoms with van der Waals surface area (Å²) >= 11 is 0. The van der Waals surface area contributed by atoms with Crippen LogP contribution in [0.4, 0.5) is 0 Å². The molecule has 0 bridgehead atoms. The smallest absolute Gasteiger partial charge is 0.0195 e. The summed E-state index contributed by atoms with van der Waals surface area (Å²) in [7, 11) is 0. The number of piperazine rings is 1. The molecule has 1 rings (SSSR count). The van der Waals surface area contributed by atoms with Gasteiger partial charge in [-0.15, -0.1) is 0 Å². The highest BCUT2D eigenvalue weighted by Crippen LogP contribution is 2.14. The standard InChI is InChI=1S/C13H28N2/c1-4-7-12-11-15(10-9-14-12)13(6-3)8-5-2/h12-14H,4-11H2,1-3H3. The highest BCUT2D eigenvalue weighted by atomic mass is 15.2. The van der Waals surface area contributed by atoms with E-state index in [9.17, 15) is 0 Å². The van der Waals surface area contributed by atoms with Crippen LogP contribution in [0, 0.1) is 0 Å². The van der Waals surface area contributed by atoms with Crippen molar-refractivity contribution in [1.29, 1.82) is 0 Å². The number of nitrogens with one attached hydrogen (secondary N) is 1. The molecule has 1 fully saturated rings. The Morgan fingerprint density at radius 2 is 2.07 bits per heavy atom. The Balaban J connectivity index is 2.39. The van der Waals surface area contributed by atoms with E-state index in [1.807, 2.05) is 0 Å². The summed E-state index contributed by atoms with van der Waals surface area (Å²) < 4.78 is 0. The van der Waals surface area contributed by atoms with Crippen molar-refractivity contribution in [3.8, 4) is 0 Å². The van der Waals surface area contributed by atoms with Crippen LogP contribution in [0.15, 0.2) is 0 Å². The summed E-state index contributed by atoms with van der Waals surface area (Å²) in [6.07, 6.45) is 6.64. The Morgan fingerprint density at radius 3 is 2.67 bits per heavy atom. The van der Waals surface area contributed by atoms with E-state index in [0.29, 0.717) is 0 Å². The van der Waals surface area contributed by atoms with Crippen molar-refractivity contribution < 1.29 is 0 Å². The van der Waals surface area contributed by atoms with Gasteiger partial charge in [-0.1, -0.05) is 33.6 Å². The van der Waals surface area contributed by atoms with Gasteiger partial charge in [0.1, 0.15) is 0 Å². The lowest BCUT2D eigenvalue weighted by Crippen LogP contribution is -2.53. The second-order valence-corrected chi connectivity index (χ2v) is 4.79. The van der Waals surface area contributed by atoms with E-state index >= 15 is 0 Å². The average molecular weight is 212 g/mol. The van der Waals surface area contributed by atoms with Crippen molar-refractivity contribution in [3.63, 3.8) is 0 Å². The van der Waals surface area contributed by atoms with Gasteiger partial charge in [-0.25, -0.2) is 0 Å². The number of hydrogen-bond donors (Lipinski definition) is 1. The third-order valence-electron chi connectivity index (χ3n) is 3.53. The maximum atomic E-state index is 3.63. The van der Waals surface area contributed by atoms with Gasteiger partial charge in [-0.2, -0.15) is 0 Å². The Labute approximate surface area is 95.4 Å². The van der Waals surface area contributed by atoms with Crippen molar-refractivity contribution in [2.45, 2.75) is 65.0 Å². The molecule has 2 nitrogen and oxygen atoms in total. The molecule has 0 spiro atoms. The Bertz CT molecular complexity index is 157. The molecular formula is C13H28N2. The molecule has 1 aliphatic heterocycles. The largest absolute Gasteiger partial charge is 0.311 e. The molecule has 0 aromatic rings. The highest BCUT2D eigenvalue weighted by molar-refractivity contribution is 4.82. The SMILES string of the molecule is CCCC1CN(C(CC)CCC)CCN1. The third kappa shape index (κ3) is 4.12. The lowest BCUT2D eigenvalue weighted by Gasteiger charge is -2.38. The van der Waals surface area contributed by atoms with Crippen LogP contribution in [0.1, 0.15) is 52.9 Å². The van der Waals surface area contributed by atoms with Gasteiger partial charge in [-0.3, -0.25) is 4.90 Å². The molecule has 2 unspecified atom stereocenters. The molecule has 1 heterocycles. The van der Waals surface area contributed by atoms with E-state index in [0.717, 1.165) is 12.1 Å². The summed E-state index contributed by atoms with van der Waals surface area (Å²) in [6, 6.07) is 1.58. The van der Waals surface area contributed by atoms with Gasteiger partial charge >= 0.3 is 0 Å². The topological polar surface area (TPSA) is 15.3 Å². The van der Waals surface area contributed by atoms with Crippen LogP contribution in [-0.4, -0.2) is 36.6 Å². The van der Waals surface area contributed by atoms with Gasteiger partial charge in [0.05, 0.1) is 0 Å². The maximum Gasteiger partial charge on any atom is 0.0195 e. The number of hydrogen-bond acceptors (Lipinski definition) is 2. The first kappa shape index (κ1) is 13.0. The molecular weight excluding hydrogens is 184 g/mol. The lowest BCUT2D eigenvalue weighted by molar-refractivity contribution is 0.129. The molecule has 0 radical (unpaired) electrons. The second-order valence-electron chi connectivity index (χ2n) is 4.79. The van der Waals surface area contributed by atoms with Gasteiger partial charge in [0, 0.05) is 31.7 Å². The highest BCUT2D eigenvalue weighted by Gasteiger charge is 2.23. The zero-order valence-corrected chi connectivity index (χ0v) is 10.8. The molecule has 0 amide bonds. The molecule has 90 valence electrons. The number of rotatable bonds is 6. The first-order chi connectivity index (χ1) is 7.31. The summed E-state index contributed by atoms with van der Waals surface area (Å²) in [6.45, 7) is 10.6. The van der Waals surface area contributed by atoms with Crippen LogP contribution < -0.4 is 5.32 Å². The Kier molecular flexibility index (Phi) is 6.26. The first-order valence-corrected chi connectivity index (χ1v) is 6.79. The van der Waals surface area contributed by atoms with Gasteiger partial charge in [0.2, 0.25) is 0 Å². The molecule has 0 aromatic heterocycles. The van der Waals surface area contributed by atoms with Gasteiger partial charge < -0.3 is 5.32 Å². The van der Waals surface area contributed by atoms with Crippen molar-refractivity contribution in [1.82, 2.24) is 10.2 Å². The third-order valence-corrected chi connectivity index (χ3v) is 3.53. The van der Waals surface area contributed by atoms with Crippen LogP contribution in [0.5, 0.6) is 0 Å². The Morgan fingerprint density at radius 1 is 1.27 bits per heavy atom. The monoisotopic (exact) mass is 212 g/mol. The Hall–Kier alpha value is -0.0800. The van der Waals surface area contributed by atoms with Gasteiger partial charge in [0.15, 0.2) is 0 Å². The zero-order chi connectivity index (χ0) is 11.1. The van der Waals surface area contributed by atoms with E-state index < -0.39 is 0 Å². The van der Waals surface area contributed by atoms with Crippen LogP contribution in [-0.2, 0) is 0 Å². The van der Waals surface area contributed by atoms with Gasteiger partial charge in [0.25, 0.3) is 0 Å². The predicted molar refractivity (Wildman–Crippen MR) is 67.3 cm³/mol. The van der Waals surface area contributed by atoms with E-state index in [2.05, 4.69) is 31.0 Å². The quantitative estimate of drug-likeness (QED) is 0.728. The molecule has 0 aromatic carbocycles. The van der Waals surface area contributed by atoms with Crippen molar-refractivity contribution >= 4 is 0 Å². The summed E-state index contributed by atoms with van der Waals surface area (Å²) in [4.78, 5) is 2.71. The molecule has 15 heavy (non-hydrogen) atoms.